The second-order valence-electron chi connectivity index (χ2n) is 4.83. The Hall–Kier alpha value is -2.26. The Bertz CT molecular complexity index is 1020. The van der Waals surface area contributed by atoms with Gasteiger partial charge in [0.15, 0.2) is 5.94 Å². The topological polar surface area (TPSA) is 110 Å². The van der Waals surface area contributed by atoms with Crippen LogP contribution in [0.1, 0.15) is 13.8 Å². The van der Waals surface area contributed by atoms with Gasteiger partial charge in [-0.1, -0.05) is 5.92 Å². The Balaban J connectivity index is 5.16. The Labute approximate surface area is 160 Å². The molecule has 0 saturated heterocycles. The van der Waals surface area contributed by atoms with Crippen LogP contribution in [0.5, 0.6) is 0 Å². The van der Waals surface area contributed by atoms with E-state index in [0.29, 0.717) is 0 Å². The number of rotatable bonds is 8. The molecule has 0 aromatic rings. The van der Waals surface area contributed by atoms with Gasteiger partial charge < -0.3 is 4.74 Å². The lowest BCUT2D eigenvalue weighted by atomic mass is 10.2. The van der Waals surface area contributed by atoms with Gasteiger partial charge in [0.1, 0.15) is 6.61 Å². The van der Waals surface area contributed by atoms with Crippen molar-refractivity contribution in [3.63, 3.8) is 0 Å². The maximum atomic E-state index is 13.0. The lowest BCUT2D eigenvalue weighted by molar-refractivity contribution is -0.220. The minimum absolute atomic E-state index is 0.0900. The predicted molar refractivity (Wildman–Crippen MR) is 90.6 cm³/mol. The van der Waals surface area contributed by atoms with E-state index in [1.54, 1.807) is 5.92 Å². The third kappa shape index (κ3) is 10.2. The average Bonchev–Trinajstić information content (AvgIpc) is 2.50. The number of hydrogen-bond acceptors (Lipinski definition) is 5. The van der Waals surface area contributed by atoms with E-state index < -0.39 is 49.9 Å². The number of ether oxygens (including phenoxy) is 1. The van der Waals surface area contributed by atoms with Gasteiger partial charge in [-0.05, 0) is 48.4 Å². The van der Waals surface area contributed by atoms with E-state index in [2.05, 4.69) is 34.3 Å². The molecule has 13 heteroatoms. The molecule has 28 heavy (non-hydrogen) atoms. The lowest BCUT2D eigenvalue weighted by Crippen LogP contribution is -2.44. The monoisotopic (exact) mass is 443 g/mol. The standard InChI is InChI=1S/C15H13F4NO6S2/c1-3-4-5-6-7-8-9-10-13(28(23,24)25)20-27(21,22)12-26-11-15(18,19)14(2,16)17/h13,20H,11-12H2,1-2H3,(H,23,24,25). The number of halogens is 4. The SMILES string of the molecule is CC#CC#CC#CC#CC(NS(=O)(=O)COCC(F)(F)C(C)(F)F)S(=O)(=O)O. The number of alkyl halides is 4. The van der Waals surface area contributed by atoms with Gasteiger partial charge in [0.2, 0.25) is 15.4 Å². The molecule has 0 aromatic carbocycles. The molecule has 0 fully saturated rings. The van der Waals surface area contributed by atoms with E-state index in [1.165, 1.54) is 11.6 Å². The minimum Gasteiger partial charge on any atom is -0.358 e. The Kier molecular flexibility index (Phi) is 9.50. The summed E-state index contributed by atoms with van der Waals surface area (Å²) in [6.45, 7) is -0.527. The predicted octanol–water partition coefficient (Wildman–Crippen LogP) is 0.418. The van der Waals surface area contributed by atoms with Crippen LogP contribution in [0.15, 0.2) is 0 Å². The van der Waals surface area contributed by atoms with E-state index in [4.69, 9.17) is 4.55 Å². The van der Waals surface area contributed by atoms with Crippen molar-refractivity contribution in [2.24, 2.45) is 0 Å². The van der Waals surface area contributed by atoms with Gasteiger partial charge in [0.05, 0.1) is 0 Å². The second-order valence-corrected chi connectivity index (χ2v) is 8.03. The molecule has 0 aromatic heterocycles. The summed E-state index contributed by atoms with van der Waals surface area (Å²) in [6.07, 6.45) is 0. The highest BCUT2D eigenvalue weighted by atomic mass is 32.2. The fourth-order valence-electron chi connectivity index (χ4n) is 1.06. The molecular formula is C15H13F4NO6S2. The summed E-state index contributed by atoms with van der Waals surface area (Å²) in [4.78, 5) is 0. The van der Waals surface area contributed by atoms with E-state index in [-0.39, 0.29) is 6.92 Å². The highest BCUT2D eigenvalue weighted by Gasteiger charge is 2.52. The zero-order chi connectivity index (χ0) is 22.1. The largest absolute Gasteiger partial charge is 0.358 e. The van der Waals surface area contributed by atoms with E-state index in [9.17, 15) is 34.4 Å². The van der Waals surface area contributed by atoms with E-state index in [1.807, 2.05) is 11.8 Å². The molecular weight excluding hydrogens is 430 g/mol. The average molecular weight is 443 g/mol. The summed E-state index contributed by atoms with van der Waals surface area (Å²) >= 11 is 0. The van der Waals surface area contributed by atoms with Gasteiger partial charge in [-0.25, -0.2) is 17.2 Å². The molecule has 154 valence electrons. The second kappa shape index (κ2) is 10.3. The smallest absolute Gasteiger partial charge is 0.332 e. The van der Waals surface area contributed by atoms with Crippen LogP contribution in [0.3, 0.4) is 0 Å². The molecule has 0 amide bonds. The van der Waals surface area contributed by atoms with Crippen molar-refractivity contribution in [2.75, 3.05) is 12.5 Å². The molecule has 0 heterocycles. The highest BCUT2D eigenvalue weighted by molar-refractivity contribution is 7.91. The molecule has 7 nitrogen and oxygen atoms in total. The Morgan fingerprint density at radius 2 is 1.50 bits per heavy atom. The van der Waals surface area contributed by atoms with Crippen molar-refractivity contribution in [1.82, 2.24) is 4.72 Å². The van der Waals surface area contributed by atoms with Gasteiger partial charge in [0.25, 0.3) is 10.1 Å². The maximum Gasteiger partial charge on any atom is 0.332 e. The highest BCUT2D eigenvalue weighted by Crippen LogP contribution is 2.33. The van der Waals surface area contributed by atoms with Crippen molar-refractivity contribution in [2.45, 2.75) is 31.1 Å². The van der Waals surface area contributed by atoms with E-state index >= 15 is 0 Å². The number of hydrogen-bond donors (Lipinski definition) is 2. The molecule has 1 atom stereocenters. The van der Waals surface area contributed by atoms with Crippen molar-refractivity contribution in [1.29, 1.82) is 0 Å². The Morgan fingerprint density at radius 3 is 1.96 bits per heavy atom. The van der Waals surface area contributed by atoms with Crippen molar-refractivity contribution in [3.05, 3.63) is 0 Å². The van der Waals surface area contributed by atoms with Crippen LogP contribution in [-0.2, 0) is 24.9 Å². The summed E-state index contributed by atoms with van der Waals surface area (Å²) in [6, 6.07) is 0. The first-order valence-electron chi connectivity index (χ1n) is 6.84. The summed E-state index contributed by atoms with van der Waals surface area (Å²) in [5.41, 5.74) is 0. The lowest BCUT2D eigenvalue weighted by Gasteiger charge is -2.22. The summed E-state index contributed by atoms with van der Waals surface area (Å²) in [5.74, 6) is 6.36. The third-order valence-corrected chi connectivity index (χ3v) is 4.44. The van der Waals surface area contributed by atoms with Gasteiger partial charge in [-0.3, -0.25) is 4.55 Å². The Morgan fingerprint density at radius 1 is 1.00 bits per heavy atom. The number of nitrogens with one attached hydrogen (secondary N) is 1. The molecule has 0 aliphatic carbocycles. The molecule has 0 aliphatic rings. The fourth-order valence-corrected chi connectivity index (χ4v) is 2.95. The van der Waals surface area contributed by atoms with Crippen molar-refractivity contribution in [3.8, 4) is 47.4 Å². The molecule has 0 rings (SSSR count). The van der Waals surface area contributed by atoms with Crippen LogP contribution in [0.4, 0.5) is 17.6 Å². The maximum absolute atomic E-state index is 13.0. The first kappa shape index (κ1) is 25.7. The summed E-state index contributed by atoms with van der Waals surface area (Å²) in [5, 5.41) is -2.41. The summed E-state index contributed by atoms with van der Waals surface area (Å²) < 4.78 is 111. The first-order chi connectivity index (χ1) is 12.6. The molecule has 0 saturated carbocycles. The molecule has 0 radical (unpaired) electrons. The van der Waals surface area contributed by atoms with Crippen LogP contribution < -0.4 is 4.72 Å². The first-order valence-corrected chi connectivity index (χ1v) is 10.00. The quantitative estimate of drug-likeness (QED) is 0.320. The van der Waals surface area contributed by atoms with Gasteiger partial charge in [-0.15, -0.1) is 0 Å². The van der Waals surface area contributed by atoms with Crippen LogP contribution >= 0.6 is 0 Å². The fraction of sp³-hybridized carbons (Fsp3) is 0.467. The minimum atomic E-state index is -5.09. The van der Waals surface area contributed by atoms with Gasteiger partial charge in [-0.2, -0.15) is 21.9 Å². The third-order valence-electron chi connectivity index (χ3n) is 2.39. The van der Waals surface area contributed by atoms with Crippen LogP contribution in [-0.4, -0.2) is 51.2 Å². The van der Waals surface area contributed by atoms with E-state index in [0.717, 1.165) is 0 Å². The molecule has 0 bridgehead atoms. The zero-order valence-electron chi connectivity index (χ0n) is 14.3. The molecule has 1 unspecified atom stereocenters. The number of sulfonamides is 1. The summed E-state index contributed by atoms with van der Waals surface area (Å²) in [7, 11) is -9.86. The zero-order valence-corrected chi connectivity index (χ0v) is 15.9. The van der Waals surface area contributed by atoms with Gasteiger partial charge in [0, 0.05) is 6.92 Å². The van der Waals surface area contributed by atoms with Crippen molar-refractivity contribution >= 4 is 20.1 Å². The molecule has 0 aliphatic heterocycles. The molecule has 2 N–H and O–H groups in total. The van der Waals surface area contributed by atoms with Crippen molar-refractivity contribution < 1.29 is 43.7 Å². The van der Waals surface area contributed by atoms with Crippen LogP contribution in [0.25, 0.3) is 0 Å². The normalized spacial score (nSPS) is 12.7. The molecule has 0 spiro atoms. The van der Waals surface area contributed by atoms with Gasteiger partial charge >= 0.3 is 11.8 Å². The van der Waals surface area contributed by atoms with Crippen LogP contribution in [0, 0.1) is 47.4 Å². The van der Waals surface area contributed by atoms with Crippen LogP contribution in [0.2, 0.25) is 0 Å².